The highest BCUT2D eigenvalue weighted by atomic mass is 16.5. The van der Waals surface area contributed by atoms with Gasteiger partial charge >= 0.3 is 0 Å². The zero-order valence-electron chi connectivity index (χ0n) is 21.9. The fraction of sp³-hybridized carbons (Fsp3) is 0.367. The third-order valence-electron chi connectivity index (χ3n) is 6.88. The molecule has 8 heteroatoms. The Morgan fingerprint density at radius 3 is 2.58 bits per heavy atom. The van der Waals surface area contributed by atoms with Crippen molar-refractivity contribution in [1.29, 1.82) is 5.26 Å². The summed E-state index contributed by atoms with van der Waals surface area (Å²) in [5.41, 5.74) is 6.94. The number of rotatable bonds is 13. The molecule has 0 aromatic heterocycles. The lowest BCUT2D eigenvalue weighted by Gasteiger charge is -2.41. The Kier molecular flexibility index (Phi) is 10.2. The molecule has 0 bridgehead atoms. The van der Waals surface area contributed by atoms with Gasteiger partial charge in [-0.1, -0.05) is 55.5 Å². The van der Waals surface area contributed by atoms with Crippen LogP contribution in [0.15, 0.2) is 77.9 Å². The molecule has 3 atom stereocenters. The number of allylic oxidation sites excluding steroid dienone is 2. The van der Waals surface area contributed by atoms with E-state index in [-0.39, 0.29) is 24.4 Å². The quantitative estimate of drug-likeness (QED) is 0.323. The SMILES string of the molecule is CCCNC(=O)C1=CC(C#N)=CC(C(N)=O)([C@H](Cc2ccccc2)[C@@H](O)CNCc2cccc(OC)c2)C1. The van der Waals surface area contributed by atoms with Crippen molar-refractivity contribution in [3.05, 3.63) is 89.0 Å². The van der Waals surface area contributed by atoms with Gasteiger partial charge in [0.25, 0.3) is 0 Å². The Hall–Kier alpha value is -3.93. The minimum absolute atomic E-state index is 0.00644. The van der Waals surface area contributed by atoms with Crippen molar-refractivity contribution < 1.29 is 19.4 Å². The third kappa shape index (κ3) is 7.09. The molecule has 0 radical (unpaired) electrons. The van der Waals surface area contributed by atoms with Crippen molar-refractivity contribution in [2.45, 2.75) is 38.8 Å². The lowest BCUT2D eigenvalue weighted by atomic mass is 9.63. The summed E-state index contributed by atoms with van der Waals surface area (Å²) in [6, 6.07) is 19.2. The normalized spacial score (nSPS) is 18.4. The first kappa shape index (κ1) is 28.6. The van der Waals surface area contributed by atoms with Gasteiger partial charge in [-0.15, -0.1) is 0 Å². The third-order valence-corrected chi connectivity index (χ3v) is 6.88. The minimum atomic E-state index is -1.44. The van der Waals surface area contributed by atoms with Crippen LogP contribution in [0.4, 0.5) is 0 Å². The summed E-state index contributed by atoms with van der Waals surface area (Å²) in [6.45, 7) is 3.05. The van der Waals surface area contributed by atoms with E-state index in [0.717, 1.165) is 23.3 Å². The maximum atomic E-state index is 13.2. The van der Waals surface area contributed by atoms with Crippen LogP contribution in [0.2, 0.25) is 0 Å². The molecule has 1 aliphatic carbocycles. The summed E-state index contributed by atoms with van der Waals surface area (Å²) in [5, 5.41) is 27.4. The molecule has 0 spiro atoms. The summed E-state index contributed by atoms with van der Waals surface area (Å²) in [5.74, 6) is -1.00. The van der Waals surface area contributed by atoms with Crippen LogP contribution >= 0.6 is 0 Å². The average Bonchev–Trinajstić information content (AvgIpc) is 2.94. The molecule has 5 N–H and O–H groups in total. The molecule has 1 aliphatic rings. The van der Waals surface area contributed by atoms with Crippen LogP contribution < -0.4 is 21.1 Å². The second-order valence-electron chi connectivity index (χ2n) is 9.56. The number of carbonyl (C=O) groups excluding carboxylic acids is 2. The van der Waals surface area contributed by atoms with Crippen LogP contribution in [0, 0.1) is 22.7 Å². The molecule has 0 saturated carbocycles. The van der Waals surface area contributed by atoms with E-state index in [9.17, 15) is 20.0 Å². The van der Waals surface area contributed by atoms with Gasteiger partial charge in [0, 0.05) is 36.7 Å². The maximum Gasteiger partial charge on any atom is 0.247 e. The first-order chi connectivity index (χ1) is 18.3. The number of hydrogen-bond donors (Lipinski definition) is 4. The number of carbonyl (C=O) groups is 2. The van der Waals surface area contributed by atoms with E-state index >= 15 is 0 Å². The van der Waals surface area contributed by atoms with Crippen LogP contribution in [0.5, 0.6) is 5.75 Å². The monoisotopic (exact) mass is 516 g/mol. The van der Waals surface area contributed by atoms with E-state index in [1.54, 1.807) is 7.11 Å². The highest BCUT2D eigenvalue weighted by molar-refractivity contribution is 5.97. The van der Waals surface area contributed by atoms with Gasteiger partial charge in [-0.05, 0) is 48.6 Å². The fourth-order valence-electron chi connectivity index (χ4n) is 4.88. The molecule has 200 valence electrons. The van der Waals surface area contributed by atoms with E-state index in [1.807, 2.05) is 61.5 Å². The Bertz CT molecular complexity index is 1220. The molecule has 0 heterocycles. The van der Waals surface area contributed by atoms with E-state index in [1.165, 1.54) is 12.2 Å². The molecule has 0 fully saturated rings. The number of ether oxygens (including phenoxy) is 1. The van der Waals surface area contributed by atoms with Crippen molar-refractivity contribution >= 4 is 11.8 Å². The lowest BCUT2D eigenvalue weighted by molar-refractivity contribution is -0.131. The zero-order chi connectivity index (χ0) is 27.5. The predicted molar refractivity (Wildman–Crippen MR) is 146 cm³/mol. The number of nitrogens with one attached hydrogen (secondary N) is 2. The van der Waals surface area contributed by atoms with Gasteiger partial charge in [-0.25, -0.2) is 0 Å². The minimum Gasteiger partial charge on any atom is -0.497 e. The van der Waals surface area contributed by atoms with Crippen molar-refractivity contribution in [1.82, 2.24) is 10.6 Å². The number of aliphatic hydroxyl groups is 1. The van der Waals surface area contributed by atoms with E-state index in [0.29, 0.717) is 25.1 Å². The van der Waals surface area contributed by atoms with Gasteiger partial charge < -0.3 is 26.2 Å². The van der Waals surface area contributed by atoms with Crippen molar-refractivity contribution in [2.75, 3.05) is 20.2 Å². The molecule has 3 rings (SSSR count). The van der Waals surface area contributed by atoms with Gasteiger partial charge in [0.15, 0.2) is 0 Å². The Morgan fingerprint density at radius 1 is 1.18 bits per heavy atom. The molecule has 1 unspecified atom stereocenters. The van der Waals surface area contributed by atoms with Crippen LogP contribution in [-0.4, -0.2) is 43.2 Å². The van der Waals surface area contributed by atoms with Gasteiger partial charge in [-0.2, -0.15) is 5.26 Å². The van der Waals surface area contributed by atoms with E-state index in [4.69, 9.17) is 10.5 Å². The van der Waals surface area contributed by atoms with Gasteiger partial charge in [0.1, 0.15) is 5.75 Å². The zero-order valence-corrected chi connectivity index (χ0v) is 21.9. The van der Waals surface area contributed by atoms with Crippen LogP contribution in [0.25, 0.3) is 0 Å². The topological polar surface area (TPSA) is 137 Å². The Labute approximate surface area is 224 Å². The highest BCUT2D eigenvalue weighted by Gasteiger charge is 2.48. The largest absolute Gasteiger partial charge is 0.497 e. The lowest BCUT2D eigenvalue weighted by Crippen LogP contribution is -2.51. The summed E-state index contributed by atoms with van der Waals surface area (Å²) in [6.07, 6.45) is 3.08. The molecule has 0 aliphatic heterocycles. The highest BCUT2D eigenvalue weighted by Crippen LogP contribution is 2.44. The summed E-state index contributed by atoms with van der Waals surface area (Å²) >= 11 is 0. The van der Waals surface area contributed by atoms with Crippen molar-refractivity contribution in [3.63, 3.8) is 0 Å². The summed E-state index contributed by atoms with van der Waals surface area (Å²) in [4.78, 5) is 26.1. The Balaban J connectivity index is 1.93. The van der Waals surface area contributed by atoms with Crippen molar-refractivity contribution in [2.24, 2.45) is 17.1 Å². The first-order valence-corrected chi connectivity index (χ1v) is 12.8. The number of aliphatic hydroxyl groups excluding tert-OH is 1. The number of amides is 2. The Morgan fingerprint density at radius 2 is 1.92 bits per heavy atom. The van der Waals surface area contributed by atoms with E-state index in [2.05, 4.69) is 16.7 Å². The van der Waals surface area contributed by atoms with Gasteiger partial charge in [-0.3, -0.25) is 9.59 Å². The number of hydrogen-bond acceptors (Lipinski definition) is 6. The second-order valence-corrected chi connectivity index (χ2v) is 9.56. The van der Waals surface area contributed by atoms with Crippen LogP contribution in [0.3, 0.4) is 0 Å². The van der Waals surface area contributed by atoms with Crippen LogP contribution in [0.1, 0.15) is 30.9 Å². The number of primary amides is 1. The summed E-state index contributed by atoms with van der Waals surface area (Å²) < 4.78 is 5.28. The molecule has 38 heavy (non-hydrogen) atoms. The number of methoxy groups -OCH3 is 1. The molecule has 0 saturated heterocycles. The maximum absolute atomic E-state index is 13.2. The average molecular weight is 517 g/mol. The molecule has 2 amide bonds. The van der Waals surface area contributed by atoms with E-state index < -0.39 is 23.3 Å². The smallest absolute Gasteiger partial charge is 0.247 e. The summed E-state index contributed by atoms with van der Waals surface area (Å²) in [7, 11) is 1.60. The molecule has 2 aromatic rings. The standard InChI is InChI=1S/C30H36N4O4/c1-3-12-34-28(36)24-13-23(18-31)16-30(17-24,29(32)37)26(15-21-8-5-4-6-9-21)27(35)20-33-19-22-10-7-11-25(14-22)38-2/h4-11,13-14,16,26-27,33,35H,3,12,15,17,19-20H2,1-2H3,(H2,32,37)(H,34,36)/t26-,27+,30?/m1/s1. The predicted octanol–water partition coefficient (Wildman–Crippen LogP) is 2.78. The van der Waals surface area contributed by atoms with Gasteiger partial charge in [0.2, 0.25) is 11.8 Å². The first-order valence-electron chi connectivity index (χ1n) is 12.8. The van der Waals surface area contributed by atoms with Crippen LogP contribution in [-0.2, 0) is 22.6 Å². The molecular formula is C30H36N4O4. The fourth-order valence-corrected chi connectivity index (χ4v) is 4.88. The number of nitrogens with zero attached hydrogens (tertiary/aromatic N) is 1. The molecular weight excluding hydrogens is 480 g/mol. The number of benzene rings is 2. The number of nitrogens with two attached hydrogens (primary N) is 1. The van der Waals surface area contributed by atoms with Crippen molar-refractivity contribution in [3.8, 4) is 11.8 Å². The van der Waals surface area contributed by atoms with Gasteiger partial charge in [0.05, 0.1) is 24.7 Å². The molecule has 2 aromatic carbocycles. The molecule has 8 nitrogen and oxygen atoms in total. The second kappa shape index (κ2) is 13.6. The number of nitriles is 1.